The van der Waals surface area contributed by atoms with Gasteiger partial charge < -0.3 is 19.7 Å². The van der Waals surface area contributed by atoms with Crippen molar-refractivity contribution in [3.63, 3.8) is 0 Å². The van der Waals surface area contributed by atoms with Gasteiger partial charge in [0.05, 0.1) is 26.4 Å². The molecular formula is C17H22ClN5O2. The van der Waals surface area contributed by atoms with E-state index in [2.05, 4.69) is 25.2 Å². The first kappa shape index (κ1) is 18.0. The van der Waals surface area contributed by atoms with Crippen molar-refractivity contribution in [3.8, 4) is 11.4 Å². The van der Waals surface area contributed by atoms with E-state index >= 15 is 0 Å². The molecule has 0 spiro atoms. The molecule has 2 aliphatic heterocycles. The maximum Gasteiger partial charge on any atom is 0.164 e. The summed E-state index contributed by atoms with van der Waals surface area (Å²) in [6, 6.07) is 5.56. The first-order valence-corrected chi connectivity index (χ1v) is 8.77. The minimum absolute atomic E-state index is 0.440. The van der Waals surface area contributed by atoms with Crippen molar-refractivity contribution in [3.05, 3.63) is 35.7 Å². The Kier molecular flexibility index (Phi) is 6.93. The van der Waals surface area contributed by atoms with Crippen molar-refractivity contribution in [1.29, 1.82) is 0 Å². The second kappa shape index (κ2) is 9.62. The monoisotopic (exact) mass is 363 g/mol. The van der Waals surface area contributed by atoms with E-state index in [4.69, 9.17) is 21.1 Å². The SMILES string of the molecule is C1COCCN1.Clc1cc(N2CCOCC2)nc(-c2cccnc2)n1. The molecule has 0 saturated carbocycles. The summed E-state index contributed by atoms with van der Waals surface area (Å²) in [5, 5.41) is 3.60. The number of hydrogen-bond donors (Lipinski definition) is 1. The topological polar surface area (TPSA) is 72.4 Å². The fourth-order valence-electron chi connectivity index (χ4n) is 2.50. The highest BCUT2D eigenvalue weighted by Gasteiger charge is 2.15. The molecule has 0 bridgehead atoms. The second-order valence-corrected chi connectivity index (χ2v) is 5.96. The van der Waals surface area contributed by atoms with E-state index in [0.717, 1.165) is 50.8 Å². The average molecular weight is 364 g/mol. The number of pyridine rings is 1. The van der Waals surface area contributed by atoms with E-state index in [-0.39, 0.29) is 0 Å². The largest absolute Gasteiger partial charge is 0.379 e. The highest BCUT2D eigenvalue weighted by Crippen LogP contribution is 2.22. The van der Waals surface area contributed by atoms with Crippen LogP contribution < -0.4 is 10.2 Å². The maximum atomic E-state index is 6.09. The molecule has 2 aliphatic rings. The lowest BCUT2D eigenvalue weighted by Gasteiger charge is -2.28. The molecule has 4 heterocycles. The molecule has 2 aromatic heterocycles. The van der Waals surface area contributed by atoms with E-state index in [0.29, 0.717) is 24.2 Å². The summed E-state index contributed by atoms with van der Waals surface area (Å²) in [5.41, 5.74) is 0.861. The van der Waals surface area contributed by atoms with Gasteiger partial charge >= 0.3 is 0 Å². The fraction of sp³-hybridized carbons (Fsp3) is 0.471. The number of nitrogens with zero attached hydrogens (tertiary/aromatic N) is 4. The number of halogens is 1. The number of rotatable bonds is 2. The zero-order valence-corrected chi connectivity index (χ0v) is 14.8. The highest BCUT2D eigenvalue weighted by atomic mass is 35.5. The maximum absolute atomic E-state index is 6.09. The zero-order chi connectivity index (χ0) is 17.3. The van der Waals surface area contributed by atoms with Crippen LogP contribution >= 0.6 is 11.6 Å². The molecule has 0 atom stereocenters. The molecule has 0 aromatic carbocycles. The van der Waals surface area contributed by atoms with E-state index < -0.39 is 0 Å². The van der Waals surface area contributed by atoms with Crippen LogP contribution in [0.15, 0.2) is 30.6 Å². The second-order valence-electron chi connectivity index (χ2n) is 5.58. The molecule has 2 aromatic rings. The lowest BCUT2D eigenvalue weighted by atomic mass is 10.2. The van der Waals surface area contributed by atoms with Crippen LogP contribution in [0.5, 0.6) is 0 Å². The summed E-state index contributed by atoms with van der Waals surface area (Å²) < 4.78 is 10.3. The van der Waals surface area contributed by atoms with Crippen LogP contribution in [0.2, 0.25) is 5.15 Å². The zero-order valence-electron chi connectivity index (χ0n) is 14.0. The number of anilines is 1. The van der Waals surface area contributed by atoms with E-state index in [1.807, 2.05) is 12.1 Å². The van der Waals surface area contributed by atoms with Gasteiger partial charge in [0.25, 0.3) is 0 Å². The molecule has 0 radical (unpaired) electrons. The molecule has 4 rings (SSSR count). The van der Waals surface area contributed by atoms with Crippen LogP contribution in [-0.2, 0) is 9.47 Å². The molecule has 2 fully saturated rings. The van der Waals surface area contributed by atoms with Crippen LogP contribution in [0.4, 0.5) is 5.82 Å². The third-order valence-corrected chi connectivity index (χ3v) is 3.98. The lowest BCUT2D eigenvalue weighted by Crippen LogP contribution is -2.36. The first-order chi connectivity index (χ1) is 12.3. The Bertz CT molecular complexity index is 637. The van der Waals surface area contributed by atoms with Crippen molar-refractivity contribution in [2.45, 2.75) is 0 Å². The Morgan fingerprint density at radius 3 is 2.40 bits per heavy atom. The predicted molar refractivity (Wildman–Crippen MR) is 97.0 cm³/mol. The standard InChI is InChI=1S/C13H13ClN4O.C4H9NO/c14-11-8-12(18-4-6-19-7-5-18)17-13(16-11)10-2-1-3-15-9-10;1-3-6-4-2-5-1/h1-3,8-9H,4-7H2;5H,1-4H2. The third-order valence-electron chi connectivity index (χ3n) is 3.78. The van der Waals surface area contributed by atoms with Gasteiger partial charge in [0.2, 0.25) is 0 Å². The number of ether oxygens (including phenoxy) is 2. The number of morpholine rings is 2. The van der Waals surface area contributed by atoms with Crippen LogP contribution in [0.25, 0.3) is 11.4 Å². The van der Waals surface area contributed by atoms with Crippen molar-refractivity contribution in [2.24, 2.45) is 0 Å². The molecule has 1 N–H and O–H groups in total. The molecule has 0 aliphatic carbocycles. The fourth-order valence-corrected chi connectivity index (χ4v) is 2.68. The Morgan fingerprint density at radius 1 is 1.04 bits per heavy atom. The van der Waals surface area contributed by atoms with Crippen LogP contribution in [0.3, 0.4) is 0 Å². The van der Waals surface area contributed by atoms with Crippen molar-refractivity contribution >= 4 is 17.4 Å². The van der Waals surface area contributed by atoms with Gasteiger partial charge in [-0.15, -0.1) is 0 Å². The molecule has 0 unspecified atom stereocenters. The van der Waals surface area contributed by atoms with Crippen LogP contribution in [0, 0.1) is 0 Å². The van der Waals surface area contributed by atoms with E-state index in [1.54, 1.807) is 18.5 Å². The Morgan fingerprint density at radius 2 is 1.80 bits per heavy atom. The van der Waals surface area contributed by atoms with E-state index in [9.17, 15) is 0 Å². The molecule has 2 saturated heterocycles. The number of nitrogens with one attached hydrogen (secondary N) is 1. The molecule has 7 nitrogen and oxygen atoms in total. The quantitative estimate of drug-likeness (QED) is 0.813. The molecule has 8 heteroatoms. The lowest BCUT2D eigenvalue weighted by molar-refractivity contribution is 0.109. The minimum Gasteiger partial charge on any atom is -0.379 e. The first-order valence-electron chi connectivity index (χ1n) is 8.39. The summed E-state index contributed by atoms with van der Waals surface area (Å²) in [6.45, 7) is 6.90. The van der Waals surface area contributed by atoms with Crippen LogP contribution in [-0.4, -0.2) is 67.6 Å². The van der Waals surface area contributed by atoms with Gasteiger partial charge in [-0.1, -0.05) is 11.6 Å². The summed E-state index contributed by atoms with van der Waals surface area (Å²) in [5.74, 6) is 1.43. The van der Waals surface area contributed by atoms with Gasteiger partial charge in [0.15, 0.2) is 5.82 Å². The predicted octanol–water partition coefficient (Wildman–Crippen LogP) is 1.63. The summed E-state index contributed by atoms with van der Waals surface area (Å²) in [6.07, 6.45) is 3.45. The normalized spacial score (nSPS) is 17.6. The highest BCUT2D eigenvalue weighted by molar-refractivity contribution is 6.29. The molecule has 0 amide bonds. The van der Waals surface area contributed by atoms with E-state index in [1.165, 1.54) is 0 Å². The van der Waals surface area contributed by atoms with Gasteiger partial charge in [-0.2, -0.15) is 0 Å². The Hall–Kier alpha value is -1.80. The van der Waals surface area contributed by atoms with Crippen molar-refractivity contribution in [1.82, 2.24) is 20.3 Å². The third kappa shape index (κ3) is 5.61. The van der Waals surface area contributed by atoms with Crippen molar-refractivity contribution in [2.75, 3.05) is 57.5 Å². The Labute approximate surface area is 152 Å². The van der Waals surface area contributed by atoms with Crippen LogP contribution in [0.1, 0.15) is 0 Å². The molecule has 25 heavy (non-hydrogen) atoms. The van der Waals surface area contributed by atoms with Gasteiger partial charge in [0.1, 0.15) is 11.0 Å². The summed E-state index contributed by atoms with van der Waals surface area (Å²) >= 11 is 6.09. The number of aromatic nitrogens is 3. The van der Waals surface area contributed by atoms with Gasteiger partial charge in [-0.05, 0) is 12.1 Å². The van der Waals surface area contributed by atoms with Gasteiger partial charge in [-0.3, -0.25) is 4.98 Å². The van der Waals surface area contributed by atoms with Gasteiger partial charge in [-0.25, -0.2) is 9.97 Å². The average Bonchev–Trinajstić information content (AvgIpc) is 2.71. The summed E-state index contributed by atoms with van der Waals surface area (Å²) in [7, 11) is 0. The molecular weight excluding hydrogens is 342 g/mol. The molecule has 134 valence electrons. The van der Waals surface area contributed by atoms with Crippen molar-refractivity contribution < 1.29 is 9.47 Å². The summed E-state index contributed by atoms with van der Waals surface area (Å²) in [4.78, 5) is 15.0. The van der Waals surface area contributed by atoms with Gasteiger partial charge in [0, 0.05) is 50.2 Å². The Balaban J connectivity index is 0.000000258. The smallest absolute Gasteiger partial charge is 0.164 e. The minimum atomic E-state index is 0.440. The number of hydrogen-bond acceptors (Lipinski definition) is 7.